The predicted octanol–water partition coefficient (Wildman–Crippen LogP) is 3.12. The second-order valence-corrected chi connectivity index (χ2v) is 5.92. The van der Waals surface area contributed by atoms with Crippen LogP contribution in [0.1, 0.15) is 12.0 Å². The summed E-state index contributed by atoms with van der Waals surface area (Å²) in [6.07, 6.45) is 2.99. The van der Waals surface area contributed by atoms with E-state index in [1.165, 1.54) is 5.56 Å². The number of aromatic nitrogens is 3. The molecule has 0 unspecified atom stereocenters. The van der Waals surface area contributed by atoms with Crippen LogP contribution >= 0.6 is 24.8 Å². The van der Waals surface area contributed by atoms with Crippen LogP contribution in [0.5, 0.6) is 0 Å². The molecule has 1 saturated heterocycles. The first-order valence-corrected chi connectivity index (χ1v) is 8.23. The van der Waals surface area contributed by atoms with Crippen molar-refractivity contribution < 1.29 is 0 Å². The molecule has 0 atom stereocenters. The zero-order valence-electron chi connectivity index (χ0n) is 14.0. The van der Waals surface area contributed by atoms with Gasteiger partial charge in [0, 0.05) is 25.8 Å². The summed E-state index contributed by atoms with van der Waals surface area (Å²) >= 11 is 0. The van der Waals surface area contributed by atoms with Crippen molar-refractivity contribution in [1.29, 1.82) is 0 Å². The first kappa shape index (κ1) is 19.5. The molecular weight excluding hydrogens is 357 g/mol. The Morgan fingerprint density at radius 1 is 0.960 bits per heavy atom. The van der Waals surface area contributed by atoms with Crippen LogP contribution in [0.15, 0.2) is 48.7 Å². The molecule has 25 heavy (non-hydrogen) atoms. The van der Waals surface area contributed by atoms with Gasteiger partial charge in [0.1, 0.15) is 5.52 Å². The molecule has 1 aromatic carbocycles. The van der Waals surface area contributed by atoms with Crippen molar-refractivity contribution in [2.24, 2.45) is 0 Å². The van der Waals surface area contributed by atoms with Crippen molar-refractivity contribution in [2.75, 3.05) is 31.1 Å². The summed E-state index contributed by atoms with van der Waals surface area (Å²) < 4.78 is 2.25. The maximum atomic E-state index is 4.87. The van der Waals surface area contributed by atoms with Gasteiger partial charge in [0.25, 0.3) is 0 Å². The standard InChI is InChI=1S/C18H21N5.2ClH/c1-2-6-15(7-3-1)14-23-17-16(8-4-10-20-17)21-18(23)22-12-5-9-19-11-13-22;;/h1-4,6-8,10,19H,5,9,11-14H2;2*1H. The Morgan fingerprint density at radius 3 is 2.64 bits per heavy atom. The average molecular weight is 380 g/mol. The lowest BCUT2D eigenvalue weighted by Crippen LogP contribution is -2.30. The van der Waals surface area contributed by atoms with Gasteiger partial charge in [0.2, 0.25) is 5.95 Å². The molecule has 3 heterocycles. The van der Waals surface area contributed by atoms with E-state index in [9.17, 15) is 0 Å². The molecule has 0 bridgehead atoms. The number of nitrogens with zero attached hydrogens (tertiary/aromatic N) is 4. The topological polar surface area (TPSA) is 46.0 Å². The van der Waals surface area contributed by atoms with Gasteiger partial charge < -0.3 is 10.2 Å². The quantitative estimate of drug-likeness (QED) is 0.759. The fraction of sp³-hybridized carbons (Fsp3) is 0.333. The lowest BCUT2D eigenvalue weighted by atomic mass is 10.2. The smallest absolute Gasteiger partial charge is 0.208 e. The Bertz CT molecular complexity index is 783. The van der Waals surface area contributed by atoms with Crippen molar-refractivity contribution in [3.8, 4) is 0 Å². The molecule has 1 N–H and O–H groups in total. The molecule has 0 saturated carbocycles. The number of nitrogens with one attached hydrogen (secondary N) is 1. The SMILES string of the molecule is Cl.Cl.c1ccc(Cn2c(N3CCCNCC3)nc3cccnc32)cc1. The fourth-order valence-corrected chi connectivity index (χ4v) is 3.15. The van der Waals surface area contributed by atoms with Crippen LogP contribution in [0.2, 0.25) is 0 Å². The van der Waals surface area contributed by atoms with E-state index in [1.807, 2.05) is 18.3 Å². The van der Waals surface area contributed by atoms with Crippen molar-refractivity contribution in [2.45, 2.75) is 13.0 Å². The van der Waals surface area contributed by atoms with Crippen LogP contribution in [-0.4, -0.2) is 40.7 Å². The molecule has 2 aromatic heterocycles. The van der Waals surface area contributed by atoms with E-state index in [1.54, 1.807) is 0 Å². The summed E-state index contributed by atoms with van der Waals surface area (Å²) in [5, 5.41) is 3.46. The summed E-state index contributed by atoms with van der Waals surface area (Å²) in [6.45, 7) is 4.90. The maximum Gasteiger partial charge on any atom is 0.208 e. The summed E-state index contributed by atoms with van der Waals surface area (Å²) in [6, 6.07) is 14.5. The Morgan fingerprint density at radius 2 is 1.80 bits per heavy atom. The molecule has 3 aromatic rings. The molecule has 1 fully saturated rings. The van der Waals surface area contributed by atoms with Gasteiger partial charge in [-0.2, -0.15) is 0 Å². The Hall–Kier alpha value is -1.82. The highest BCUT2D eigenvalue weighted by Gasteiger charge is 2.19. The lowest BCUT2D eigenvalue weighted by Gasteiger charge is -2.22. The first-order chi connectivity index (χ1) is 11.4. The third-order valence-electron chi connectivity index (χ3n) is 4.29. The second-order valence-electron chi connectivity index (χ2n) is 5.92. The molecule has 1 aliphatic rings. The van der Waals surface area contributed by atoms with Crippen molar-refractivity contribution in [3.05, 3.63) is 54.2 Å². The lowest BCUT2D eigenvalue weighted by molar-refractivity contribution is 0.720. The van der Waals surface area contributed by atoms with Crippen molar-refractivity contribution in [1.82, 2.24) is 19.9 Å². The van der Waals surface area contributed by atoms with Crippen LogP contribution in [0.3, 0.4) is 0 Å². The van der Waals surface area contributed by atoms with E-state index in [0.717, 1.165) is 56.3 Å². The zero-order chi connectivity index (χ0) is 15.5. The number of halogens is 2. The maximum absolute atomic E-state index is 4.87. The highest BCUT2D eigenvalue weighted by molar-refractivity contribution is 5.85. The molecule has 5 nitrogen and oxygen atoms in total. The molecule has 1 aliphatic heterocycles. The minimum Gasteiger partial charge on any atom is -0.341 e. The summed E-state index contributed by atoms with van der Waals surface area (Å²) in [7, 11) is 0. The van der Waals surface area contributed by atoms with Gasteiger partial charge in [-0.3, -0.25) is 4.57 Å². The van der Waals surface area contributed by atoms with Gasteiger partial charge in [-0.05, 0) is 30.7 Å². The van der Waals surface area contributed by atoms with Crippen LogP contribution in [0.25, 0.3) is 11.2 Å². The highest BCUT2D eigenvalue weighted by Crippen LogP contribution is 2.23. The van der Waals surface area contributed by atoms with Crippen LogP contribution in [-0.2, 0) is 6.54 Å². The molecule has 0 radical (unpaired) electrons. The number of benzene rings is 1. The summed E-state index contributed by atoms with van der Waals surface area (Å²) in [5.74, 6) is 1.03. The normalized spacial score (nSPS) is 14.5. The number of hydrogen-bond acceptors (Lipinski definition) is 4. The Labute approximate surface area is 160 Å². The molecule has 134 valence electrons. The van der Waals surface area contributed by atoms with Crippen LogP contribution in [0.4, 0.5) is 5.95 Å². The zero-order valence-corrected chi connectivity index (χ0v) is 15.6. The van der Waals surface area contributed by atoms with Crippen LogP contribution in [0, 0.1) is 0 Å². The van der Waals surface area contributed by atoms with Gasteiger partial charge in [0.15, 0.2) is 5.65 Å². The molecule has 0 spiro atoms. The van der Waals surface area contributed by atoms with E-state index in [-0.39, 0.29) is 24.8 Å². The van der Waals surface area contributed by atoms with E-state index in [4.69, 9.17) is 4.98 Å². The fourth-order valence-electron chi connectivity index (χ4n) is 3.15. The molecule has 7 heteroatoms. The van der Waals surface area contributed by atoms with Gasteiger partial charge in [0.05, 0.1) is 6.54 Å². The second kappa shape index (κ2) is 9.04. The van der Waals surface area contributed by atoms with Gasteiger partial charge in [-0.1, -0.05) is 30.3 Å². The average Bonchev–Trinajstić information content (AvgIpc) is 2.78. The molecular formula is C18H23Cl2N5. The Balaban J connectivity index is 0.00000113. The number of rotatable bonds is 3. The first-order valence-electron chi connectivity index (χ1n) is 8.23. The predicted molar refractivity (Wildman–Crippen MR) is 107 cm³/mol. The highest BCUT2D eigenvalue weighted by atomic mass is 35.5. The number of pyridine rings is 1. The molecule has 4 rings (SSSR count). The van der Waals surface area contributed by atoms with Gasteiger partial charge in [-0.15, -0.1) is 24.8 Å². The molecule has 0 amide bonds. The minimum atomic E-state index is 0. The monoisotopic (exact) mass is 379 g/mol. The number of hydrogen-bond donors (Lipinski definition) is 1. The van der Waals surface area contributed by atoms with E-state index in [2.05, 4.69) is 50.1 Å². The molecule has 0 aliphatic carbocycles. The minimum absolute atomic E-state index is 0. The van der Waals surface area contributed by atoms with Crippen LogP contribution < -0.4 is 10.2 Å². The van der Waals surface area contributed by atoms with Gasteiger partial charge >= 0.3 is 0 Å². The number of imidazole rings is 1. The largest absolute Gasteiger partial charge is 0.341 e. The van der Waals surface area contributed by atoms with E-state index in [0.29, 0.717) is 0 Å². The van der Waals surface area contributed by atoms with E-state index < -0.39 is 0 Å². The third kappa shape index (κ3) is 4.24. The number of fused-ring (bicyclic) bond motifs is 1. The van der Waals surface area contributed by atoms with E-state index >= 15 is 0 Å². The van der Waals surface area contributed by atoms with Gasteiger partial charge in [-0.25, -0.2) is 9.97 Å². The summed E-state index contributed by atoms with van der Waals surface area (Å²) in [5.41, 5.74) is 3.20. The Kier molecular flexibility index (Phi) is 7.05. The van der Waals surface area contributed by atoms with Crippen molar-refractivity contribution >= 4 is 41.9 Å². The summed E-state index contributed by atoms with van der Waals surface area (Å²) in [4.78, 5) is 11.8. The van der Waals surface area contributed by atoms with Crippen molar-refractivity contribution in [3.63, 3.8) is 0 Å². The third-order valence-corrected chi connectivity index (χ3v) is 4.29. The number of anilines is 1.